The summed E-state index contributed by atoms with van der Waals surface area (Å²) in [7, 11) is 2.10. The van der Waals surface area contributed by atoms with E-state index in [0.717, 1.165) is 58.6 Å². The van der Waals surface area contributed by atoms with Crippen molar-refractivity contribution >= 4 is 39.3 Å². The summed E-state index contributed by atoms with van der Waals surface area (Å²) in [5.41, 5.74) is 3.16. The number of likely N-dealkylation sites (N-methyl/N-ethyl adjacent to an activating group) is 1. The Hall–Kier alpha value is -2.04. The average Bonchev–Trinajstić information content (AvgIpc) is 2.98. The Bertz CT molecular complexity index is 941. The number of rotatable bonds is 2. The SMILES string of the molecule is C[C@H](C(=O)N1CCN(C)CC1)c1ccc2c(c1)[nH]c1ccc(Cl)cc12. The van der Waals surface area contributed by atoms with Gasteiger partial charge in [-0.1, -0.05) is 23.7 Å². The minimum absolute atomic E-state index is 0.136. The van der Waals surface area contributed by atoms with E-state index < -0.39 is 0 Å². The predicted molar refractivity (Wildman–Crippen MR) is 103 cm³/mol. The molecule has 1 fully saturated rings. The number of aromatic nitrogens is 1. The fourth-order valence-corrected chi connectivity index (χ4v) is 3.78. The molecule has 0 unspecified atom stereocenters. The summed E-state index contributed by atoms with van der Waals surface area (Å²) in [6.45, 7) is 5.52. The first-order valence-electron chi connectivity index (χ1n) is 8.71. The van der Waals surface area contributed by atoms with Crippen LogP contribution in [0.25, 0.3) is 21.8 Å². The van der Waals surface area contributed by atoms with Crippen LogP contribution in [-0.2, 0) is 4.79 Å². The van der Waals surface area contributed by atoms with Crippen molar-refractivity contribution in [2.45, 2.75) is 12.8 Å². The van der Waals surface area contributed by atoms with E-state index in [-0.39, 0.29) is 11.8 Å². The molecule has 25 heavy (non-hydrogen) atoms. The standard InChI is InChI=1S/C20H22ClN3O/c1-13(20(25)24-9-7-23(2)8-10-24)14-3-5-16-17-12-15(21)4-6-18(17)22-19(16)11-14/h3-6,11-13,22H,7-10H2,1-2H3/t13-/m0/s1. The highest BCUT2D eigenvalue weighted by Gasteiger charge is 2.25. The van der Waals surface area contributed by atoms with E-state index >= 15 is 0 Å². The third-order valence-electron chi connectivity index (χ3n) is 5.27. The molecule has 0 spiro atoms. The second-order valence-electron chi connectivity index (χ2n) is 6.97. The van der Waals surface area contributed by atoms with Gasteiger partial charge in [0.25, 0.3) is 0 Å². The van der Waals surface area contributed by atoms with Gasteiger partial charge in [-0.3, -0.25) is 4.79 Å². The number of H-pyrrole nitrogens is 1. The van der Waals surface area contributed by atoms with E-state index in [1.165, 1.54) is 0 Å². The number of aromatic amines is 1. The van der Waals surface area contributed by atoms with Crippen molar-refractivity contribution < 1.29 is 4.79 Å². The third kappa shape index (κ3) is 3.00. The van der Waals surface area contributed by atoms with Gasteiger partial charge in [-0.25, -0.2) is 0 Å². The summed E-state index contributed by atoms with van der Waals surface area (Å²) in [5, 5.41) is 2.99. The molecule has 0 bridgehead atoms. The minimum Gasteiger partial charge on any atom is -0.355 e. The lowest BCUT2D eigenvalue weighted by molar-refractivity contribution is -0.134. The Morgan fingerprint density at radius 2 is 1.80 bits per heavy atom. The Labute approximate surface area is 152 Å². The second-order valence-corrected chi connectivity index (χ2v) is 7.41. The summed E-state index contributed by atoms with van der Waals surface area (Å²) in [5.74, 6) is 0.0782. The zero-order valence-electron chi connectivity index (χ0n) is 14.6. The molecule has 0 radical (unpaired) electrons. The molecule has 2 heterocycles. The lowest BCUT2D eigenvalue weighted by atomic mass is 9.98. The van der Waals surface area contributed by atoms with Gasteiger partial charge in [0.1, 0.15) is 0 Å². The van der Waals surface area contributed by atoms with Crippen LogP contribution >= 0.6 is 11.6 Å². The fourth-order valence-electron chi connectivity index (χ4n) is 3.61. The summed E-state index contributed by atoms with van der Waals surface area (Å²) in [6, 6.07) is 12.1. The molecule has 1 atom stereocenters. The van der Waals surface area contributed by atoms with Crippen molar-refractivity contribution in [1.82, 2.24) is 14.8 Å². The van der Waals surface area contributed by atoms with Gasteiger partial charge in [-0.05, 0) is 43.8 Å². The Morgan fingerprint density at radius 3 is 2.56 bits per heavy atom. The highest BCUT2D eigenvalue weighted by atomic mass is 35.5. The second kappa shape index (κ2) is 6.36. The number of fused-ring (bicyclic) bond motifs is 3. The number of carbonyl (C=O) groups excluding carboxylic acids is 1. The normalized spacial score (nSPS) is 17.3. The number of carbonyl (C=O) groups is 1. The van der Waals surface area contributed by atoms with Gasteiger partial charge in [0.2, 0.25) is 5.91 Å². The van der Waals surface area contributed by atoms with Gasteiger partial charge in [-0.15, -0.1) is 0 Å². The summed E-state index contributed by atoms with van der Waals surface area (Å²) >= 11 is 6.13. The summed E-state index contributed by atoms with van der Waals surface area (Å²) < 4.78 is 0. The molecule has 1 N–H and O–H groups in total. The Kier molecular flexibility index (Phi) is 4.18. The number of halogens is 1. The molecule has 1 aliphatic heterocycles. The number of nitrogens with zero attached hydrogens (tertiary/aromatic N) is 2. The van der Waals surface area contributed by atoms with E-state index in [2.05, 4.69) is 35.1 Å². The van der Waals surface area contributed by atoms with Gasteiger partial charge in [0.15, 0.2) is 0 Å². The van der Waals surface area contributed by atoms with Crippen molar-refractivity contribution in [1.29, 1.82) is 0 Å². The maximum atomic E-state index is 12.8. The average molecular weight is 356 g/mol. The minimum atomic E-state index is -0.136. The number of hydrogen-bond acceptors (Lipinski definition) is 2. The monoisotopic (exact) mass is 355 g/mol. The number of piperazine rings is 1. The molecule has 0 saturated carbocycles. The number of nitrogens with one attached hydrogen (secondary N) is 1. The maximum Gasteiger partial charge on any atom is 0.229 e. The van der Waals surface area contributed by atoms with Gasteiger partial charge >= 0.3 is 0 Å². The lowest BCUT2D eigenvalue weighted by Crippen LogP contribution is -2.48. The van der Waals surface area contributed by atoms with Crippen molar-refractivity contribution in [3.63, 3.8) is 0 Å². The van der Waals surface area contributed by atoms with E-state index in [9.17, 15) is 4.79 Å². The van der Waals surface area contributed by atoms with Crippen LogP contribution in [0.3, 0.4) is 0 Å². The Balaban J connectivity index is 1.64. The molecule has 4 nitrogen and oxygen atoms in total. The van der Waals surface area contributed by atoms with Crippen molar-refractivity contribution in [3.8, 4) is 0 Å². The van der Waals surface area contributed by atoms with Crippen LogP contribution in [0, 0.1) is 0 Å². The van der Waals surface area contributed by atoms with Crippen LogP contribution in [0.4, 0.5) is 0 Å². The zero-order valence-corrected chi connectivity index (χ0v) is 15.3. The highest BCUT2D eigenvalue weighted by molar-refractivity contribution is 6.31. The van der Waals surface area contributed by atoms with E-state index in [1.54, 1.807) is 0 Å². The van der Waals surface area contributed by atoms with Crippen molar-refractivity contribution in [2.75, 3.05) is 33.2 Å². The van der Waals surface area contributed by atoms with Crippen LogP contribution in [0.15, 0.2) is 36.4 Å². The fraction of sp³-hybridized carbons (Fsp3) is 0.350. The van der Waals surface area contributed by atoms with E-state index in [0.29, 0.717) is 0 Å². The molecule has 4 rings (SSSR count). The van der Waals surface area contributed by atoms with Gasteiger partial charge in [0, 0.05) is 53.0 Å². The van der Waals surface area contributed by atoms with E-state index in [1.807, 2.05) is 30.0 Å². The largest absolute Gasteiger partial charge is 0.355 e. The number of hydrogen-bond donors (Lipinski definition) is 1. The molecular formula is C20H22ClN3O. The molecule has 1 aromatic heterocycles. The topological polar surface area (TPSA) is 39.3 Å². The molecule has 3 aromatic rings. The molecular weight excluding hydrogens is 334 g/mol. The van der Waals surface area contributed by atoms with Crippen molar-refractivity contribution in [3.05, 3.63) is 47.0 Å². The van der Waals surface area contributed by atoms with Crippen molar-refractivity contribution in [2.24, 2.45) is 0 Å². The summed E-state index contributed by atoms with van der Waals surface area (Å²) in [4.78, 5) is 20.5. The smallest absolute Gasteiger partial charge is 0.229 e. The van der Waals surface area contributed by atoms with Gasteiger partial charge in [0.05, 0.1) is 5.92 Å². The number of benzene rings is 2. The highest BCUT2D eigenvalue weighted by Crippen LogP contribution is 2.30. The van der Waals surface area contributed by atoms with Gasteiger partial charge < -0.3 is 14.8 Å². The molecule has 130 valence electrons. The molecule has 2 aromatic carbocycles. The Morgan fingerprint density at radius 1 is 1.04 bits per heavy atom. The third-order valence-corrected chi connectivity index (χ3v) is 5.51. The number of amides is 1. The quantitative estimate of drug-likeness (QED) is 0.758. The molecule has 5 heteroatoms. The molecule has 1 aliphatic rings. The molecule has 0 aliphatic carbocycles. The molecule has 1 amide bonds. The summed E-state index contributed by atoms with van der Waals surface area (Å²) in [6.07, 6.45) is 0. The molecule has 1 saturated heterocycles. The van der Waals surface area contributed by atoms with Gasteiger partial charge in [-0.2, -0.15) is 0 Å². The van der Waals surface area contributed by atoms with Crippen LogP contribution in [0.5, 0.6) is 0 Å². The van der Waals surface area contributed by atoms with Crippen LogP contribution in [0.1, 0.15) is 18.4 Å². The first-order valence-corrected chi connectivity index (χ1v) is 9.09. The van der Waals surface area contributed by atoms with Crippen LogP contribution in [0.2, 0.25) is 5.02 Å². The van der Waals surface area contributed by atoms with E-state index in [4.69, 9.17) is 11.6 Å². The first-order chi connectivity index (χ1) is 12.0. The van der Waals surface area contributed by atoms with Crippen LogP contribution in [-0.4, -0.2) is 53.9 Å². The predicted octanol–water partition coefficient (Wildman–Crippen LogP) is 3.85. The first kappa shape index (κ1) is 16.4. The zero-order chi connectivity index (χ0) is 17.6. The van der Waals surface area contributed by atoms with Crippen LogP contribution < -0.4 is 0 Å². The maximum absolute atomic E-state index is 12.8. The lowest BCUT2D eigenvalue weighted by Gasteiger charge is -2.34.